The lowest BCUT2D eigenvalue weighted by Crippen LogP contribution is -1.97. The summed E-state index contributed by atoms with van der Waals surface area (Å²) >= 11 is 7.29. The molecule has 0 saturated carbocycles. The van der Waals surface area contributed by atoms with E-state index in [9.17, 15) is 8.78 Å². The molecular weight excluding hydrogens is 286 g/mol. The van der Waals surface area contributed by atoms with Crippen molar-refractivity contribution in [2.75, 3.05) is 5.73 Å². The van der Waals surface area contributed by atoms with Gasteiger partial charge in [-0.2, -0.15) is 0 Å². The standard InChI is InChI=1S/C6H3ClF2IN/c7-4-3(10)1-2(8)5(9)6(4)11/h1H,11H2. The van der Waals surface area contributed by atoms with Gasteiger partial charge in [0.05, 0.1) is 10.7 Å². The zero-order valence-corrected chi connectivity index (χ0v) is 8.08. The Balaban J connectivity index is 3.46. The Morgan fingerprint density at radius 3 is 2.55 bits per heavy atom. The van der Waals surface area contributed by atoms with Crippen LogP contribution in [0.25, 0.3) is 0 Å². The van der Waals surface area contributed by atoms with Crippen LogP contribution in [-0.4, -0.2) is 0 Å². The van der Waals surface area contributed by atoms with Crippen LogP contribution in [0.5, 0.6) is 0 Å². The minimum Gasteiger partial charge on any atom is -0.395 e. The molecule has 0 amide bonds. The normalized spacial score (nSPS) is 10.2. The number of rotatable bonds is 0. The molecule has 0 spiro atoms. The second-order valence-corrected chi connectivity index (χ2v) is 3.42. The summed E-state index contributed by atoms with van der Waals surface area (Å²) in [4.78, 5) is 0. The summed E-state index contributed by atoms with van der Waals surface area (Å²) in [6.07, 6.45) is 0. The second-order valence-electron chi connectivity index (χ2n) is 1.88. The number of hydrogen-bond acceptors (Lipinski definition) is 1. The summed E-state index contributed by atoms with van der Waals surface area (Å²) in [7, 11) is 0. The highest BCUT2D eigenvalue weighted by atomic mass is 127. The van der Waals surface area contributed by atoms with Gasteiger partial charge in [-0.25, -0.2) is 8.78 Å². The lowest BCUT2D eigenvalue weighted by atomic mass is 10.3. The lowest BCUT2D eigenvalue weighted by Gasteiger charge is -2.02. The average Bonchev–Trinajstić information content (AvgIpc) is 1.97. The van der Waals surface area contributed by atoms with Gasteiger partial charge in [0.15, 0.2) is 11.6 Å². The molecule has 0 bridgehead atoms. The highest BCUT2D eigenvalue weighted by Crippen LogP contribution is 2.28. The Labute approximate surface area is 80.7 Å². The van der Waals surface area contributed by atoms with E-state index in [1.54, 1.807) is 22.6 Å². The molecule has 0 aliphatic carbocycles. The zero-order chi connectivity index (χ0) is 8.59. The summed E-state index contributed by atoms with van der Waals surface area (Å²) in [6.45, 7) is 0. The molecule has 2 N–H and O–H groups in total. The number of nitrogens with two attached hydrogens (primary N) is 1. The fraction of sp³-hybridized carbons (Fsp3) is 0. The van der Waals surface area contributed by atoms with Gasteiger partial charge >= 0.3 is 0 Å². The van der Waals surface area contributed by atoms with E-state index >= 15 is 0 Å². The molecule has 0 atom stereocenters. The van der Waals surface area contributed by atoms with Crippen molar-refractivity contribution in [2.24, 2.45) is 0 Å². The average molecular weight is 289 g/mol. The van der Waals surface area contributed by atoms with Crippen LogP contribution in [0.1, 0.15) is 0 Å². The molecule has 1 rings (SSSR count). The van der Waals surface area contributed by atoms with E-state index in [-0.39, 0.29) is 10.7 Å². The van der Waals surface area contributed by atoms with Crippen LogP contribution in [0.4, 0.5) is 14.5 Å². The van der Waals surface area contributed by atoms with Gasteiger partial charge in [-0.05, 0) is 28.7 Å². The molecule has 1 nitrogen and oxygen atoms in total. The van der Waals surface area contributed by atoms with Gasteiger partial charge in [0.1, 0.15) is 0 Å². The van der Waals surface area contributed by atoms with Crippen LogP contribution < -0.4 is 5.73 Å². The molecule has 0 aromatic heterocycles. The van der Waals surface area contributed by atoms with Crippen LogP contribution in [0, 0.1) is 15.2 Å². The van der Waals surface area contributed by atoms with Crippen molar-refractivity contribution in [1.82, 2.24) is 0 Å². The molecule has 1 aromatic rings. The predicted molar refractivity (Wildman–Crippen MR) is 48.5 cm³/mol. The second kappa shape index (κ2) is 3.10. The van der Waals surface area contributed by atoms with E-state index in [1.165, 1.54) is 0 Å². The van der Waals surface area contributed by atoms with Gasteiger partial charge in [0.25, 0.3) is 0 Å². The Morgan fingerprint density at radius 1 is 1.45 bits per heavy atom. The summed E-state index contributed by atoms with van der Waals surface area (Å²) in [5.74, 6) is -2.06. The molecule has 0 aliphatic rings. The first kappa shape index (κ1) is 8.99. The van der Waals surface area contributed by atoms with Gasteiger partial charge in [0.2, 0.25) is 0 Å². The number of anilines is 1. The van der Waals surface area contributed by atoms with Gasteiger partial charge in [0, 0.05) is 3.57 Å². The molecule has 0 aliphatic heterocycles. The SMILES string of the molecule is Nc1c(F)c(F)cc(I)c1Cl. The Bertz CT molecular complexity index is 277. The first-order valence-corrected chi connectivity index (χ1v) is 4.08. The largest absolute Gasteiger partial charge is 0.395 e. The quantitative estimate of drug-likeness (QED) is 0.444. The van der Waals surface area contributed by atoms with Gasteiger partial charge in [-0.3, -0.25) is 0 Å². The Hall–Kier alpha value is -0.100. The van der Waals surface area contributed by atoms with Crippen molar-refractivity contribution in [3.8, 4) is 0 Å². The van der Waals surface area contributed by atoms with Crippen molar-refractivity contribution >= 4 is 39.9 Å². The number of hydrogen-bond donors (Lipinski definition) is 1. The molecule has 0 radical (unpaired) electrons. The molecule has 0 unspecified atom stereocenters. The maximum Gasteiger partial charge on any atom is 0.183 e. The van der Waals surface area contributed by atoms with Crippen molar-refractivity contribution in [1.29, 1.82) is 0 Å². The number of benzene rings is 1. The highest BCUT2D eigenvalue weighted by Gasteiger charge is 2.12. The number of nitrogen functional groups attached to an aromatic ring is 1. The third-order valence-electron chi connectivity index (χ3n) is 1.15. The van der Waals surface area contributed by atoms with Crippen LogP contribution >= 0.6 is 34.2 Å². The lowest BCUT2D eigenvalue weighted by molar-refractivity contribution is 0.511. The van der Waals surface area contributed by atoms with Crippen LogP contribution in [0.15, 0.2) is 6.07 Å². The summed E-state index contributed by atoms with van der Waals surface area (Å²) in [5, 5.41) is 0.0597. The topological polar surface area (TPSA) is 26.0 Å². The summed E-state index contributed by atoms with van der Waals surface area (Å²) < 4.78 is 25.5. The van der Waals surface area contributed by atoms with Crippen LogP contribution in [0.3, 0.4) is 0 Å². The minimum atomic E-state index is -1.09. The molecule has 60 valence electrons. The fourth-order valence-corrected chi connectivity index (χ4v) is 1.29. The van der Waals surface area contributed by atoms with Gasteiger partial charge in [-0.15, -0.1) is 0 Å². The Morgan fingerprint density at radius 2 is 2.00 bits per heavy atom. The maximum atomic E-state index is 12.6. The number of halogens is 4. The molecule has 0 fully saturated rings. The van der Waals surface area contributed by atoms with E-state index in [0.717, 1.165) is 6.07 Å². The van der Waals surface area contributed by atoms with Crippen molar-refractivity contribution in [2.45, 2.75) is 0 Å². The van der Waals surface area contributed by atoms with Gasteiger partial charge in [-0.1, -0.05) is 11.6 Å². The maximum absolute atomic E-state index is 12.6. The van der Waals surface area contributed by atoms with E-state index in [2.05, 4.69) is 0 Å². The van der Waals surface area contributed by atoms with E-state index in [0.29, 0.717) is 3.57 Å². The zero-order valence-electron chi connectivity index (χ0n) is 5.17. The molecule has 0 heterocycles. The van der Waals surface area contributed by atoms with Crippen molar-refractivity contribution in [3.05, 3.63) is 26.3 Å². The van der Waals surface area contributed by atoms with Crippen molar-refractivity contribution < 1.29 is 8.78 Å². The molecule has 0 saturated heterocycles. The summed E-state index contributed by atoms with van der Waals surface area (Å²) in [6, 6.07) is 0.995. The van der Waals surface area contributed by atoms with Crippen LogP contribution in [0.2, 0.25) is 5.02 Å². The van der Waals surface area contributed by atoms with Gasteiger partial charge < -0.3 is 5.73 Å². The predicted octanol–water partition coefficient (Wildman–Crippen LogP) is 2.81. The fourth-order valence-electron chi connectivity index (χ4n) is 0.592. The minimum absolute atomic E-state index is 0.0597. The highest BCUT2D eigenvalue weighted by molar-refractivity contribution is 14.1. The van der Waals surface area contributed by atoms with E-state index < -0.39 is 11.6 Å². The molecular formula is C6H3ClF2IN. The Kier molecular flexibility index (Phi) is 2.54. The smallest absolute Gasteiger partial charge is 0.183 e. The monoisotopic (exact) mass is 289 g/mol. The van der Waals surface area contributed by atoms with Crippen LogP contribution in [-0.2, 0) is 0 Å². The third-order valence-corrected chi connectivity index (χ3v) is 2.72. The third kappa shape index (κ3) is 1.56. The first-order chi connectivity index (χ1) is 5.04. The van der Waals surface area contributed by atoms with Crippen molar-refractivity contribution in [3.63, 3.8) is 0 Å². The van der Waals surface area contributed by atoms with E-state index in [1.807, 2.05) is 0 Å². The summed E-state index contributed by atoms with van der Waals surface area (Å²) in [5.41, 5.74) is 4.79. The molecule has 11 heavy (non-hydrogen) atoms. The van der Waals surface area contributed by atoms with E-state index in [4.69, 9.17) is 17.3 Å². The first-order valence-electron chi connectivity index (χ1n) is 2.62. The molecule has 5 heteroatoms. The molecule has 1 aromatic carbocycles.